The maximum Gasteiger partial charge on any atom is 0.308 e. The van der Waals surface area contributed by atoms with Crippen LogP contribution >= 0.6 is 23.2 Å². The Bertz CT molecular complexity index is 449. The van der Waals surface area contributed by atoms with E-state index >= 15 is 0 Å². The first-order valence-corrected chi connectivity index (χ1v) is 6.25. The van der Waals surface area contributed by atoms with Gasteiger partial charge in [0.15, 0.2) is 0 Å². The van der Waals surface area contributed by atoms with Crippen molar-refractivity contribution in [3.63, 3.8) is 0 Å². The quantitative estimate of drug-likeness (QED) is 0.811. The fourth-order valence-electron chi connectivity index (χ4n) is 1.57. The second-order valence-electron chi connectivity index (χ2n) is 4.03. The molecule has 5 heteroatoms. The molecule has 1 aromatic carbocycles. The van der Waals surface area contributed by atoms with E-state index < -0.39 is 11.9 Å². The van der Waals surface area contributed by atoms with Gasteiger partial charge in [-0.15, -0.1) is 6.58 Å². The van der Waals surface area contributed by atoms with Crippen molar-refractivity contribution in [2.24, 2.45) is 5.92 Å². The Kier molecular flexibility index (Phi) is 5.51. The van der Waals surface area contributed by atoms with Gasteiger partial charge in [-0.05, 0) is 18.2 Å². The van der Waals surface area contributed by atoms with Gasteiger partial charge in [0.05, 0.1) is 16.6 Å². The monoisotopic (exact) mass is 287 g/mol. The Balaban J connectivity index is 2.96. The zero-order valence-corrected chi connectivity index (χ0v) is 11.6. The second-order valence-corrected chi connectivity index (χ2v) is 4.87. The molecular formula is C13H15Cl2NO2. The first kappa shape index (κ1) is 14.9. The second kappa shape index (κ2) is 6.66. The number of rotatable bonds is 6. The molecule has 0 aliphatic rings. The van der Waals surface area contributed by atoms with Crippen LogP contribution in [0.2, 0.25) is 10.0 Å². The van der Waals surface area contributed by atoms with Crippen LogP contribution in [0.3, 0.4) is 0 Å². The highest BCUT2D eigenvalue weighted by Gasteiger charge is 2.17. The van der Waals surface area contributed by atoms with Gasteiger partial charge in [-0.25, -0.2) is 0 Å². The van der Waals surface area contributed by atoms with Crippen LogP contribution in [-0.4, -0.2) is 24.2 Å². The molecule has 0 aliphatic heterocycles. The fourth-order valence-corrected chi connectivity index (χ4v) is 2.10. The minimum Gasteiger partial charge on any atom is -0.481 e. The lowest BCUT2D eigenvalue weighted by atomic mass is 10.1. The van der Waals surface area contributed by atoms with E-state index in [1.54, 1.807) is 31.2 Å². The van der Waals surface area contributed by atoms with E-state index in [2.05, 4.69) is 6.58 Å². The van der Waals surface area contributed by atoms with Crippen molar-refractivity contribution in [2.45, 2.75) is 6.92 Å². The number of carboxylic acids is 1. The van der Waals surface area contributed by atoms with Crippen molar-refractivity contribution in [3.05, 3.63) is 40.9 Å². The van der Waals surface area contributed by atoms with Crippen LogP contribution in [0.15, 0.2) is 30.9 Å². The van der Waals surface area contributed by atoms with Crippen LogP contribution in [0.1, 0.15) is 6.92 Å². The average molecular weight is 288 g/mol. The molecule has 0 spiro atoms. The summed E-state index contributed by atoms with van der Waals surface area (Å²) in [6.07, 6.45) is 1.71. The molecule has 0 bridgehead atoms. The molecule has 0 heterocycles. The molecule has 1 atom stereocenters. The van der Waals surface area contributed by atoms with Crippen LogP contribution in [0, 0.1) is 5.92 Å². The summed E-state index contributed by atoms with van der Waals surface area (Å²) >= 11 is 12.0. The first-order chi connectivity index (χ1) is 8.45. The predicted molar refractivity (Wildman–Crippen MR) is 75.7 cm³/mol. The summed E-state index contributed by atoms with van der Waals surface area (Å²) in [4.78, 5) is 12.8. The Labute approximate surface area is 117 Å². The van der Waals surface area contributed by atoms with Crippen molar-refractivity contribution in [2.75, 3.05) is 18.0 Å². The minimum atomic E-state index is -0.839. The van der Waals surface area contributed by atoms with E-state index in [9.17, 15) is 4.79 Å². The molecule has 1 N–H and O–H groups in total. The lowest BCUT2D eigenvalue weighted by Crippen LogP contribution is -2.32. The van der Waals surface area contributed by atoms with E-state index in [-0.39, 0.29) is 0 Å². The zero-order chi connectivity index (χ0) is 13.7. The molecule has 0 saturated heterocycles. The Hall–Kier alpha value is -1.19. The molecule has 0 amide bonds. The molecule has 3 nitrogen and oxygen atoms in total. The summed E-state index contributed by atoms with van der Waals surface area (Å²) in [6.45, 7) is 6.21. The van der Waals surface area contributed by atoms with E-state index in [4.69, 9.17) is 28.3 Å². The normalized spacial score (nSPS) is 11.9. The lowest BCUT2D eigenvalue weighted by molar-refractivity contribution is -0.140. The molecule has 0 radical (unpaired) electrons. The topological polar surface area (TPSA) is 40.5 Å². The molecule has 0 fully saturated rings. The number of benzene rings is 1. The standard InChI is InChI=1S/C13H15Cl2NO2/c1-3-6-16(8-9(2)13(17)18)12-5-4-10(14)7-11(12)15/h3-5,7,9H,1,6,8H2,2H3,(H,17,18). The lowest BCUT2D eigenvalue weighted by Gasteiger charge is -2.26. The number of nitrogens with zero attached hydrogens (tertiary/aromatic N) is 1. The number of carboxylic acid groups (broad SMARTS) is 1. The highest BCUT2D eigenvalue weighted by atomic mass is 35.5. The van der Waals surface area contributed by atoms with Crippen LogP contribution in [0.25, 0.3) is 0 Å². The first-order valence-electron chi connectivity index (χ1n) is 5.49. The molecular weight excluding hydrogens is 273 g/mol. The SMILES string of the molecule is C=CCN(CC(C)C(=O)O)c1ccc(Cl)cc1Cl. The van der Waals surface area contributed by atoms with E-state index in [1.807, 2.05) is 4.90 Å². The van der Waals surface area contributed by atoms with E-state index in [1.165, 1.54) is 0 Å². The number of halogens is 2. The van der Waals surface area contributed by atoms with Crippen LogP contribution < -0.4 is 4.90 Å². The van der Waals surface area contributed by atoms with Gasteiger partial charge in [0.2, 0.25) is 0 Å². The van der Waals surface area contributed by atoms with Crippen LogP contribution in [0.5, 0.6) is 0 Å². The number of hydrogen-bond donors (Lipinski definition) is 1. The molecule has 0 aromatic heterocycles. The van der Waals surface area contributed by atoms with Crippen molar-refractivity contribution >= 4 is 34.9 Å². The van der Waals surface area contributed by atoms with Crippen molar-refractivity contribution < 1.29 is 9.90 Å². The van der Waals surface area contributed by atoms with Gasteiger partial charge >= 0.3 is 5.97 Å². The third-order valence-corrected chi connectivity index (χ3v) is 3.05. The molecule has 0 saturated carbocycles. The predicted octanol–water partition coefficient (Wildman–Crippen LogP) is 3.71. The summed E-state index contributed by atoms with van der Waals surface area (Å²) in [5.41, 5.74) is 0.758. The van der Waals surface area contributed by atoms with E-state index in [0.717, 1.165) is 5.69 Å². The van der Waals surface area contributed by atoms with Gasteiger partial charge in [-0.2, -0.15) is 0 Å². The molecule has 1 rings (SSSR count). The molecule has 98 valence electrons. The number of aliphatic carboxylic acids is 1. The smallest absolute Gasteiger partial charge is 0.308 e. The van der Waals surface area contributed by atoms with Gasteiger partial charge in [-0.1, -0.05) is 36.2 Å². The van der Waals surface area contributed by atoms with Crippen molar-refractivity contribution in [1.29, 1.82) is 0 Å². The fraction of sp³-hybridized carbons (Fsp3) is 0.308. The Morgan fingerprint density at radius 2 is 2.22 bits per heavy atom. The summed E-state index contributed by atoms with van der Waals surface area (Å²) in [5.74, 6) is -1.33. The van der Waals surface area contributed by atoms with Crippen LogP contribution in [0.4, 0.5) is 5.69 Å². The zero-order valence-electron chi connectivity index (χ0n) is 10.1. The molecule has 18 heavy (non-hydrogen) atoms. The van der Waals surface area contributed by atoms with Gasteiger partial charge in [0.1, 0.15) is 0 Å². The van der Waals surface area contributed by atoms with Gasteiger partial charge in [0.25, 0.3) is 0 Å². The highest BCUT2D eigenvalue weighted by Crippen LogP contribution is 2.29. The maximum atomic E-state index is 10.9. The maximum absolute atomic E-state index is 10.9. The minimum absolute atomic E-state index is 0.364. The highest BCUT2D eigenvalue weighted by molar-refractivity contribution is 6.36. The number of anilines is 1. The van der Waals surface area contributed by atoms with Gasteiger partial charge in [-0.3, -0.25) is 4.79 Å². The third kappa shape index (κ3) is 3.93. The Morgan fingerprint density at radius 1 is 1.56 bits per heavy atom. The molecule has 1 unspecified atom stereocenters. The van der Waals surface area contributed by atoms with Gasteiger partial charge < -0.3 is 10.0 Å². The third-order valence-electron chi connectivity index (χ3n) is 2.52. The van der Waals surface area contributed by atoms with E-state index in [0.29, 0.717) is 23.1 Å². The summed E-state index contributed by atoms with van der Waals surface area (Å²) < 4.78 is 0. The molecule has 0 aliphatic carbocycles. The summed E-state index contributed by atoms with van der Waals surface area (Å²) in [5, 5.41) is 10.0. The number of carbonyl (C=O) groups is 1. The van der Waals surface area contributed by atoms with Crippen molar-refractivity contribution in [3.8, 4) is 0 Å². The van der Waals surface area contributed by atoms with Crippen LogP contribution in [-0.2, 0) is 4.79 Å². The average Bonchev–Trinajstić information content (AvgIpc) is 2.28. The summed E-state index contributed by atoms with van der Waals surface area (Å²) in [7, 11) is 0. The molecule has 1 aromatic rings. The van der Waals surface area contributed by atoms with Crippen molar-refractivity contribution in [1.82, 2.24) is 0 Å². The number of hydrogen-bond acceptors (Lipinski definition) is 2. The largest absolute Gasteiger partial charge is 0.481 e. The Morgan fingerprint density at radius 3 is 2.72 bits per heavy atom. The van der Waals surface area contributed by atoms with Gasteiger partial charge in [0, 0.05) is 18.1 Å². The summed E-state index contributed by atoms with van der Waals surface area (Å²) in [6, 6.07) is 5.15.